The maximum Gasteiger partial charge on any atom is 0.0562 e. The summed E-state index contributed by atoms with van der Waals surface area (Å²) >= 11 is 0. The van der Waals surface area contributed by atoms with E-state index in [9.17, 15) is 0 Å². The molecule has 12 aromatic rings. The molecule has 3 heterocycles. The molecule has 0 amide bonds. The summed E-state index contributed by atoms with van der Waals surface area (Å²) in [5.74, 6) is 0. The van der Waals surface area contributed by atoms with Crippen LogP contribution >= 0.6 is 0 Å². The molecule has 0 aliphatic heterocycles. The zero-order valence-corrected chi connectivity index (χ0v) is 33.4. The van der Waals surface area contributed by atoms with Crippen LogP contribution in [-0.4, -0.2) is 13.7 Å². The van der Waals surface area contributed by atoms with Crippen LogP contribution in [0, 0.1) is 0 Å². The van der Waals surface area contributed by atoms with Crippen LogP contribution in [0.5, 0.6) is 0 Å². The lowest BCUT2D eigenvalue weighted by molar-refractivity contribution is 0.661. The Hall–Kier alpha value is -7.62. The highest BCUT2D eigenvalue weighted by molar-refractivity contribution is 6.20. The molecule has 0 bridgehead atoms. The summed E-state index contributed by atoms with van der Waals surface area (Å²) in [6, 6.07) is 74.1. The normalized spacial score (nSPS) is 13.3. The third-order valence-electron chi connectivity index (χ3n) is 13.4. The van der Waals surface area contributed by atoms with Crippen LogP contribution in [0.1, 0.15) is 25.0 Å². The quantitative estimate of drug-likeness (QED) is 0.169. The van der Waals surface area contributed by atoms with E-state index in [-0.39, 0.29) is 5.41 Å². The number of aromatic nitrogens is 3. The molecule has 0 saturated heterocycles. The lowest BCUT2D eigenvalue weighted by atomic mass is 9.82. The summed E-state index contributed by atoms with van der Waals surface area (Å²) in [7, 11) is 0. The second kappa shape index (κ2) is 12.2. The Morgan fingerprint density at radius 3 is 1.30 bits per heavy atom. The lowest BCUT2D eigenvalue weighted by Crippen LogP contribution is -2.14. The second-order valence-corrected chi connectivity index (χ2v) is 17.0. The highest BCUT2D eigenvalue weighted by Crippen LogP contribution is 2.51. The first-order valence-corrected chi connectivity index (χ1v) is 20.9. The van der Waals surface area contributed by atoms with Gasteiger partial charge < -0.3 is 13.7 Å². The van der Waals surface area contributed by atoms with E-state index in [2.05, 4.69) is 228 Å². The van der Waals surface area contributed by atoms with Gasteiger partial charge in [-0.3, -0.25) is 0 Å². The Morgan fingerprint density at radius 2 is 0.717 bits per heavy atom. The van der Waals surface area contributed by atoms with Crippen LogP contribution in [0.15, 0.2) is 200 Å². The van der Waals surface area contributed by atoms with E-state index in [4.69, 9.17) is 0 Å². The second-order valence-electron chi connectivity index (χ2n) is 17.0. The van der Waals surface area contributed by atoms with Gasteiger partial charge in [0.1, 0.15) is 0 Å². The highest BCUT2D eigenvalue weighted by Gasteiger charge is 2.36. The van der Waals surface area contributed by atoms with Gasteiger partial charge in [-0.1, -0.05) is 123 Å². The summed E-state index contributed by atoms with van der Waals surface area (Å²) in [5, 5.41) is 7.55. The molecular formula is C57H39N3. The molecule has 60 heavy (non-hydrogen) atoms. The lowest BCUT2D eigenvalue weighted by Gasteiger charge is -2.21. The van der Waals surface area contributed by atoms with E-state index in [1.54, 1.807) is 0 Å². The molecule has 1 aliphatic rings. The minimum atomic E-state index is -0.0837. The fourth-order valence-corrected chi connectivity index (χ4v) is 10.6. The number of hydrogen-bond donors (Lipinski definition) is 0. The molecule has 0 atom stereocenters. The van der Waals surface area contributed by atoms with Crippen molar-refractivity contribution in [1.82, 2.24) is 13.7 Å². The number of hydrogen-bond acceptors (Lipinski definition) is 0. The van der Waals surface area contributed by atoms with Crippen molar-refractivity contribution >= 4 is 65.4 Å². The van der Waals surface area contributed by atoms with Crippen molar-refractivity contribution in [3.63, 3.8) is 0 Å². The monoisotopic (exact) mass is 765 g/mol. The molecule has 0 unspecified atom stereocenters. The van der Waals surface area contributed by atoms with Crippen molar-refractivity contribution in [1.29, 1.82) is 0 Å². The predicted octanol–water partition coefficient (Wildman–Crippen LogP) is 15.0. The topological polar surface area (TPSA) is 14.8 Å². The number of benzene rings is 9. The van der Waals surface area contributed by atoms with Gasteiger partial charge >= 0.3 is 0 Å². The number of fused-ring (bicyclic) bond motifs is 12. The maximum absolute atomic E-state index is 2.47. The summed E-state index contributed by atoms with van der Waals surface area (Å²) in [6.45, 7) is 4.74. The van der Waals surface area contributed by atoms with Crippen LogP contribution in [-0.2, 0) is 5.41 Å². The van der Waals surface area contributed by atoms with E-state index in [0.717, 1.165) is 11.4 Å². The van der Waals surface area contributed by atoms with Crippen molar-refractivity contribution in [3.8, 4) is 39.3 Å². The van der Waals surface area contributed by atoms with Crippen LogP contribution < -0.4 is 0 Å². The summed E-state index contributed by atoms with van der Waals surface area (Å²) in [6.07, 6.45) is 0. The van der Waals surface area contributed by atoms with Crippen molar-refractivity contribution < 1.29 is 0 Å². The molecule has 3 aromatic heterocycles. The minimum absolute atomic E-state index is 0.0837. The molecule has 3 nitrogen and oxygen atoms in total. The molecule has 282 valence electrons. The Bertz CT molecular complexity index is 3710. The average molecular weight is 766 g/mol. The van der Waals surface area contributed by atoms with Gasteiger partial charge in [-0.25, -0.2) is 0 Å². The third kappa shape index (κ3) is 4.55. The fourth-order valence-electron chi connectivity index (χ4n) is 10.6. The van der Waals surface area contributed by atoms with Crippen molar-refractivity contribution in [2.75, 3.05) is 0 Å². The van der Waals surface area contributed by atoms with E-state index < -0.39 is 0 Å². The zero-order chi connectivity index (χ0) is 39.7. The standard InChI is InChI=1S/C57H39N3/c1-57(2)49-24-14-12-22-41(49)43-32-47-44-30-36(26-28-52(44)59(54(47)34-50(43)57)39-18-8-4-9-19-39)37-27-29-53-45(31-37)48-33-46-42-23-13-15-25-51(42)58(38-16-6-3-7-17-38)55(46)35-56(48)60(53)40-20-10-5-11-21-40/h3-35H,1-2H3. The third-order valence-corrected chi connectivity index (χ3v) is 13.4. The van der Waals surface area contributed by atoms with Gasteiger partial charge in [0.05, 0.1) is 33.1 Å². The van der Waals surface area contributed by atoms with Crippen molar-refractivity contribution in [3.05, 3.63) is 211 Å². The smallest absolute Gasteiger partial charge is 0.0562 e. The molecule has 0 spiro atoms. The number of para-hydroxylation sites is 4. The van der Waals surface area contributed by atoms with Gasteiger partial charge in [-0.2, -0.15) is 0 Å². The van der Waals surface area contributed by atoms with Gasteiger partial charge in [0, 0.05) is 54.8 Å². The van der Waals surface area contributed by atoms with Crippen molar-refractivity contribution in [2.24, 2.45) is 0 Å². The first-order valence-electron chi connectivity index (χ1n) is 20.9. The number of nitrogens with zero attached hydrogens (tertiary/aromatic N) is 3. The van der Waals surface area contributed by atoms with Gasteiger partial charge in [-0.05, 0) is 124 Å². The van der Waals surface area contributed by atoms with Gasteiger partial charge in [0.25, 0.3) is 0 Å². The Morgan fingerprint density at radius 1 is 0.283 bits per heavy atom. The van der Waals surface area contributed by atoms with Crippen LogP contribution in [0.4, 0.5) is 0 Å². The molecule has 0 fully saturated rings. The van der Waals surface area contributed by atoms with Gasteiger partial charge in [0.2, 0.25) is 0 Å². The predicted molar refractivity (Wildman–Crippen MR) is 252 cm³/mol. The molecule has 13 rings (SSSR count). The van der Waals surface area contributed by atoms with E-state index in [1.165, 1.54) is 104 Å². The zero-order valence-electron chi connectivity index (χ0n) is 33.4. The SMILES string of the molecule is CC1(C)c2ccccc2-c2cc3c4cc(-c5ccc6c(c5)c5cc7c8ccccc8n(-c8ccccc8)c7cc5n6-c5ccccc5)ccc4n(-c4ccccc4)c3cc21. The first-order chi connectivity index (χ1) is 29.5. The molecule has 0 N–H and O–H groups in total. The fraction of sp³-hybridized carbons (Fsp3) is 0.0526. The molecular weight excluding hydrogens is 727 g/mol. The molecule has 9 aromatic carbocycles. The van der Waals surface area contributed by atoms with E-state index in [0.29, 0.717) is 0 Å². The van der Waals surface area contributed by atoms with Crippen LogP contribution in [0.3, 0.4) is 0 Å². The maximum atomic E-state index is 2.47. The number of rotatable bonds is 4. The summed E-state index contributed by atoms with van der Waals surface area (Å²) in [4.78, 5) is 0. The first kappa shape index (κ1) is 33.4. The van der Waals surface area contributed by atoms with Gasteiger partial charge in [0.15, 0.2) is 0 Å². The van der Waals surface area contributed by atoms with E-state index >= 15 is 0 Å². The van der Waals surface area contributed by atoms with Crippen molar-refractivity contribution in [2.45, 2.75) is 19.3 Å². The highest BCUT2D eigenvalue weighted by atomic mass is 15.0. The molecule has 3 heteroatoms. The average Bonchev–Trinajstić information content (AvgIpc) is 3.98. The van der Waals surface area contributed by atoms with Crippen LogP contribution in [0.25, 0.3) is 105 Å². The Labute approximate surface area is 347 Å². The summed E-state index contributed by atoms with van der Waals surface area (Å²) < 4.78 is 7.32. The van der Waals surface area contributed by atoms with E-state index in [1.807, 2.05) is 0 Å². The summed E-state index contributed by atoms with van der Waals surface area (Å²) in [5.41, 5.74) is 18.6. The van der Waals surface area contributed by atoms with Gasteiger partial charge in [-0.15, -0.1) is 0 Å². The molecule has 1 aliphatic carbocycles. The molecule has 0 saturated carbocycles. The largest absolute Gasteiger partial charge is 0.309 e. The Balaban J connectivity index is 1.07. The molecule has 0 radical (unpaired) electrons. The Kier molecular flexibility index (Phi) is 6.78. The minimum Gasteiger partial charge on any atom is -0.309 e. The van der Waals surface area contributed by atoms with Crippen LogP contribution in [0.2, 0.25) is 0 Å².